The number of hydrogen-bond donors (Lipinski definition) is 2. The van der Waals surface area contributed by atoms with Crippen LogP contribution in [0.4, 0.5) is 14.5 Å². The van der Waals surface area contributed by atoms with Crippen molar-refractivity contribution in [2.45, 2.75) is 25.0 Å². The first-order valence-electron chi connectivity index (χ1n) is 6.55. The molecule has 2 N–H and O–H groups in total. The highest BCUT2D eigenvalue weighted by atomic mass is 19.3. The van der Waals surface area contributed by atoms with E-state index in [2.05, 4.69) is 5.32 Å². The second-order valence-electron chi connectivity index (χ2n) is 5.02. The van der Waals surface area contributed by atoms with Crippen LogP contribution in [0, 0.1) is 0 Å². The van der Waals surface area contributed by atoms with Gasteiger partial charge in [-0.15, -0.1) is 0 Å². The Balaban J connectivity index is 1.76. The minimum absolute atomic E-state index is 0.0244. The first-order valence-corrected chi connectivity index (χ1v) is 6.55. The van der Waals surface area contributed by atoms with Gasteiger partial charge in [0.25, 0.3) is 6.43 Å². The Morgan fingerprint density at radius 3 is 2.30 bits per heavy atom. The zero-order chi connectivity index (χ0) is 14.1. The zero-order valence-corrected chi connectivity index (χ0v) is 10.8. The third-order valence-electron chi connectivity index (χ3n) is 3.71. The number of hydrogen-bond acceptors (Lipinski definition) is 2. The van der Waals surface area contributed by atoms with E-state index in [1.807, 2.05) is 24.3 Å². The monoisotopic (exact) mass is 275 g/mol. The van der Waals surface area contributed by atoms with E-state index in [-0.39, 0.29) is 11.6 Å². The number of aliphatic hydroxyl groups is 1. The summed E-state index contributed by atoms with van der Waals surface area (Å²) in [5.41, 5.74) is 2.82. The summed E-state index contributed by atoms with van der Waals surface area (Å²) in [5.74, 6) is 0. The quantitative estimate of drug-likeness (QED) is 0.895. The molecule has 3 rings (SSSR count). The second-order valence-corrected chi connectivity index (χ2v) is 5.02. The van der Waals surface area contributed by atoms with Crippen LogP contribution >= 0.6 is 0 Å². The fraction of sp³-hybridized carbons (Fsp3) is 0.250. The van der Waals surface area contributed by atoms with Crippen LogP contribution in [0.25, 0.3) is 0 Å². The lowest BCUT2D eigenvalue weighted by molar-refractivity contribution is 0.149. The van der Waals surface area contributed by atoms with Crippen LogP contribution in [-0.2, 0) is 6.42 Å². The van der Waals surface area contributed by atoms with E-state index in [0.29, 0.717) is 5.56 Å². The summed E-state index contributed by atoms with van der Waals surface area (Å²) in [7, 11) is 0. The predicted molar refractivity (Wildman–Crippen MR) is 73.9 cm³/mol. The molecule has 2 unspecified atom stereocenters. The molecule has 2 atom stereocenters. The number of rotatable bonds is 3. The maximum atomic E-state index is 12.5. The third kappa shape index (κ3) is 2.39. The van der Waals surface area contributed by atoms with E-state index in [1.54, 1.807) is 12.1 Å². The number of para-hydroxylation sites is 1. The van der Waals surface area contributed by atoms with Crippen LogP contribution in [0.15, 0.2) is 48.5 Å². The lowest BCUT2D eigenvalue weighted by atomic mass is 9.98. The van der Waals surface area contributed by atoms with Crippen molar-refractivity contribution in [2.24, 2.45) is 0 Å². The van der Waals surface area contributed by atoms with Gasteiger partial charge in [0.2, 0.25) is 0 Å². The van der Waals surface area contributed by atoms with E-state index in [0.717, 1.165) is 12.1 Å². The average Bonchev–Trinajstić information content (AvgIpc) is 2.90. The molecule has 4 heteroatoms. The molecule has 104 valence electrons. The molecule has 2 nitrogen and oxygen atoms in total. The van der Waals surface area contributed by atoms with Gasteiger partial charge < -0.3 is 10.4 Å². The Kier molecular flexibility index (Phi) is 3.40. The first kappa shape index (κ1) is 13.1. The van der Waals surface area contributed by atoms with Crippen LogP contribution in [0.5, 0.6) is 0 Å². The molecule has 0 aromatic heterocycles. The van der Waals surface area contributed by atoms with Crippen molar-refractivity contribution in [3.8, 4) is 0 Å². The summed E-state index contributed by atoms with van der Waals surface area (Å²) in [6.07, 6.45) is -2.46. The smallest absolute Gasteiger partial charge is 0.263 e. The van der Waals surface area contributed by atoms with Crippen molar-refractivity contribution < 1.29 is 13.9 Å². The average molecular weight is 275 g/mol. The summed E-state index contributed by atoms with van der Waals surface area (Å²) in [5, 5.41) is 13.6. The first-order chi connectivity index (χ1) is 9.65. The van der Waals surface area contributed by atoms with Gasteiger partial charge in [0.1, 0.15) is 0 Å². The van der Waals surface area contributed by atoms with Crippen LogP contribution < -0.4 is 5.32 Å². The number of aliphatic hydroxyl groups excluding tert-OH is 1. The van der Waals surface area contributed by atoms with Crippen LogP contribution in [0.2, 0.25) is 0 Å². The highest BCUT2D eigenvalue weighted by molar-refractivity contribution is 5.57. The molecule has 2 aromatic carbocycles. The molecule has 0 saturated heterocycles. The van der Waals surface area contributed by atoms with Gasteiger partial charge in [-0.3, -0.25) is 0 Å². The number of alkyl halides is 2. The topological polar surface area (TPSA) is 32.3 Å². The molecular weight excluding hydrogens is 260 g/mol. The van der Waals surface area contributed by atoms with Gasteiger partial charge in [0, 0.05) is 11.3 Å². The molecule has 0 bridgehead atoms. The van der Waals surface area contributed by atoms with Crippen molar-refractivity contribution in [1.82, 2.24) is 0 Å². The van der Waals surface area contributed by atoms with Crippen LogP contribution in [0.1, 0.15) is 29.2 Å². The van der Waals surface area contributed by atoms with Gasteiger partial charge in [0.15, 0.2) is 0 Å². The van der Waals surface area contributed by atoms with Gasteiger partial charge in [-0.05, 0) is 23.6 Å². The molecule has 1 heterocycles. The molecule has 0 saturated carbocycles. The lowest BCUT2D eigenvalue weighted by Gasteiger charge is -2.19. The molecule has 0 fully saturated rings. The van der Waals surface area contributed by atoms with E-state index < -0.39 is 12.5 Å². The lowest BCUT2D eigenvalue weighted by Crippen LogP contribution is -2.24. The minimum Gasteiger partial charge on any atom is -0.386 e. The Morgan fingerprint density at radius 2 is 1.65 bits per heavy atom. The summed E-state index contributed by atoms with van der Waals surface area (Å²) in [4.78, 5) is 0. The van der Waals surface area contributed by atoms with Gasteiger partial charge in [-0.1, -0.05) is 42.5 Å². The van der Waals surface area contributed by atoms with Gasteiger partial charge in [0.05, 0.1) is 12.1 Å². The molecule has 20 heavy (non-hydrogen) atoms. The summed E-state index contributed by atoms with van der Waals surface area (Å²) in [6, 6.07) is 13.6. The van der Waals surface area contributed by atoms with E-state index in [1.165, 1.54) is 17.7 Å². The molecule has 1 aliphatic rings. The Morgan fingerprint density at radius 1 is 1.00 bits per heavy atom. The van der Waals surface area contributed by atoms with Crippen molar-refractivity contribution in [1.29, 1.82) is 0 Å². The molecule has 0 radical (unpaired) electrons. The van der Waals surface area contributed by atoms with Crippen molar-refractivity contribution >= 4 is 5.69 Å². The van der Waals surface area contributed by atoms with Crippen molar-refractivity contribution in [2.75, 3.05) is 5.32 Å². The maximum Gasteiger partial charge on any atom is 0.263 e. The largest absolute Gasteiger partial charge is 0.386 e. The van der Waals surface area contributed by atoms with E-state index >= 15 is 0 Å². The highest BCUT2D eigenvalue weighted by Crippen LogP contribution is 2.32. The van der Waals surface area contributed by atoms with Crippen LogP contribution in [0.3, 0.4) is 0 Å². The van der Waals surface area contributed by atoms with E-state index in [4.69, 9.17) is 0 Å². The number of halogens is 2. The fourth-order valence-corrected chi connectivity index (χ4v) is 2.59. The predicted octanol–water partition coefficient (Wildman–Crippen LogP) is 3.69. The van der Waals surface area contributed by atoms with Crippen molar-refractivity contribution in [3.05, 3.63) is 65.2 Å². The number of benzene rings is 2. The van der Waals surface area contributed by atoms with Crippen molar-refractivity contribution in [3.63, 3.8) is 0 Å². The second kappa shape index (κ2) is 5.21. The standard InChI is InChI=1S/C16H15F2NO/c17-16(18)11-7-5-10(6-8-11)15(20)14-9-12-3-1-2-4-13(12)19-14/h1-8,14-16,19-20H,9H2. The van der Waals surface area contributed by atoms with Gasteiger partial charge in [-0.2, -0.15) is 0 Å². The molecule has 2 aromatic rings. The summed E-state index contributed by atoms with van der Waals surface area (Å²) >= 11 is 0. The SMILES string of the molecule is OC(c1ccc(C(F)F)cc1)C1Cc2ccccc2N1. The number of nitrogens with one attached hydrogen (secondary N) is 1. The maximum absolute atomic E-state index is 12.5. The third-order valence-corrected chi connectivity index (χ3v) is 3.71. The minimum atomic E-state index is -2.48. The number of anilines is 1. The molecule has 0 aliphatic carbocycles. The Hall–Kier alpha value is -1.94. The Labute approximate surface area is 116 Å². The number of fused-ring (bicyclic) bond motifs is 1. The van der Waals surface area contributed by atoms with Gasteiger partial charge >= 0.3 is 0 Å². The molecule has 1 aliphatic heterocycles. The van der Waals surface area contributed by atoms with Crippen LogP contribution in [-0.4, -0.2) is 11.1 Å². The Bertz CT molecular complexity index is 573. The highest BCUT2D eigenvalue weighted by Gasteiger charge is 2.27. The summed E-state index contributed by atoms with van der Waals surface area (Å²) in [6.45, 7) is 0. The van der Waals surface area contributed by atoms with E-state index in [9.17, 15) is 13.9 Å². The normalized spacial score (nSPS) is 18.7. The molecule has 0 amide bonds. The fourth-order valence-electron chi connectivity index (χ4n) is 2.59. The zero-order valence-electron chi connectivity index (χ0n) is 10.8. The molecule has 0 spiro atoms. The summed E-state index contributed by atoms with van der Waals surface area (Å²) < 4.78 is 25.0. The van der Waals surface area contributed by atoms with Gasteiger partial charge in [-0.25, -0.2) is 8.78 Å². The molecular formula is C16H15F2NO.